The first-order valence-corrected chi connectivity index (χ1v) is 7.41. The molecule has 2 nitrogen and oxygen atoms in total. The van der Waals surface area contributed by atoms with E-state index in [4.69, 9.17) is 0 Å². The van der Waals surface area contributed by atoms with Crippen LogP contribution in [0.3, 0.4) is 0 Å². The summed E-state index contributed by atoms with van der Waals surface area (Å²) in [4.78, 5) is 2.68. The first-order valence-electron chi connectivity index (χ1n) is 7.41. The van der Waals surface area contributed by atoms with E-state index in [2.05, 4.69) is 44.8 Å². The van der Waals surface area contributed by atoms with Crippen molar-refractivity contribution >= 4 is 0 Å². The van der Waals surface area contributed by atoms with Crippen LogP contribution in [0.5, 0.6) is 0 Å². The van der Waals surface area contributed by atoms with Gasteiger partial charge in [-0.3, -0.25) is 0 Å². The van der Waals surface area contributed by atoms with E-state index in [9.17, 15) is 0 Å². The highest BCUT2D eigenvalue weighted by molar-refractivity contribution is 4.82. The van der Waals surface area contributed by atoms with Gasteiger partial charge in [0.25, 0.3) is 0 Å². The Labute approximate surface area is 108 Å². The van der Waals surface area contributed by atoms with E-state index in [0.717, 1.165) is 5.92 Å². The van der Waals surface area contributed by atoms with Crippen LogP contribution in [0.25, 0.3) is 0 Å². The fraction of sp³-hybridized carbons (Fsp3) is 1.00. The van der Waals surface area contributed by atoms with Gasteiger partial charge in [0, 0.05) is 19.1 Å². The third-order valence-electron chi connectivity index (χ3n) is 4.39. The lowest BCUT2D eigenvalue weighted by atomic mass is 9.80. The fourth-order valence-corrected chi connectivity index (χ4v) is 2.52. The molecule has 1 aliphatic heterocycles. The molecule has 0 bridgehead atoms. The molecule has 0 aliphatic carbocycles. The Morgan fingerprint density at radius 2 is 2.06 bits per heavy atom. The second-order valence-electron chi connectivity index (χ2n) is 6.67. The summed E-state index contributed by atoms with van der Waals surface area (Å²) in [6, 6.07) is 0.713. The highest BCUT2D eigenvalue weighted by Gasteiger charge is 2.27. The van der Waals surface area contributed by atoms with E-state index < -0.39 is 0 Å². The van der Waals surface area contributed by atoms with Crippen LogP contribution in [0.2, 0.25) is 0 Å². The van der Waals surface area contributed by atoms with E-state index in [1.807, 2.05) is 0 Å². The highest BCUT2D eigenvalue weighted by Crippen LogP contribution is 2.27. The summed E-state index contributed by atoms with van der Waals surface area (Å²) in [5.41, 5.74) is 0.432. The van der Waals surface area contributed by atoms with E-state index >= 15 is 0 Å². The maximum atomic E-state index is 3.69. The molecule has 102 valence electrons. The Morgan fingerprint density at radius 3 is 2.65 bits per heavy atom. The standard InChI is InChI=1S/C15H32N2/c1-6-8-14-11-17(10-7-9-16-14)12-15(4,5)13(2)3/h13-14,16H,6-12H2,1-5H3. The molecule has 0 spiro atoms. The van der Waals surface area contributed by atoms with Gasteiger partial charge in [-0.15, -0.1) is 0 Å². The Morgan fingerprint density at radius 1 is 1.35 bits per heavy atom. The Bertz CT molecular complexity index is 211. The molecule has 1 rings (SSSR count). The van der Waals surface area contributed by atoms with Crippen LogP contribution in [-0.2, 0) is 0 Å². The molecule has 0 saturated carbocycles. The van der Waals surface area contributed by atoms with Crippen molar-refractivity contribution in [3.05, 3.63) is 0 Å². The monoisotopic (exact) mass is 240 g/mol. The molecule has 1 saturated heterocycles. The number of hydrogen-bond donors (Lipinski definition) is 1. The third kappa shape index (κ3) is 4.97. The molecular weight excluding hydrogens is 208 g/mol. The van der Waals surface area contributed by atoms with Gasteiger partial charge in [-0.1, -0.05) is 41.0 Å². The Hall–Kier alpha value is -0.0800. The van der Waals surface area contributed by atoms with Crippen LogP contribution in [0.15, 0.2) is 0 Å². The molecular formula is C15H32N2. The quantitative estimate of drug-likeness (QED) is 0.794. The van der Waals surface area contributed by atoms with Gasteiger partial charge in [0.2, 0.25) is 0 Å². The summed E-state index contributed by atoms with van der Waals surface area (Å²) in [6.45, 7) is 16.7. The first kappa shape index (κ1) is 15.0. The molecule has 0 aromatic rings. The van der Waals surface area contributed by atoms with Crippen molar-refractivity contribution in [3.63, 3.8) is 0 Å². The van der Waals surface area contributed by atoms with E-state index in [1.54, 1.807) is 0 Å². The van der Waals surface area contributed by atoms with Crippen LogP contribution >= 0.6 is 0 Å². The number of nitrogens with one attached hydrogen (secondary N) is 1. The van der Waals surface area contributed by atoms with Crippen molar-refractivity contribution in [2.24, 2.45) is 11.3 Å². The second-order valence-corrected chi connectivity index (χ2v) is 6.67. The second kappa shape index (κ2) is 6.75. The van der Waals surface area contributed by atoms with Crippen molar-refractivity contribution in [3.8, 4) is 0 Å². The summed E-state index contributed by atoms with van der Waals surface area (Å²) in [7, 11) is 0. The summed E-state index contributed by atoms with van der Waals surface area (Å²) in [6.07, 6.45) is 3.91. The minimum atomic E-state index is 0.432. The largest absolute Gasteiger partial charge is 0.313 e. The SMILES string of the molecule is CCCC1CN(CC(C)(C)C(C)C)CCCN1. The van der Waals surface area contributed by atoms with Crippen molar-refractivity contribution in [2.45, 2.75) is 59.9 Å². The van der Waals surface area contributed by atoms with Gasteiger partial charge < -0.3 is 10.2 Å². The molecule has 0 aromatic carbocycles. The first-order chi connectivity index (χ1) is 7.95. The summed E-state index contributed by atoms with van der Waals surface area (Å²) in [5, 5.41) is 3.69. The van der Waals surface area contributed by atoms with Crippen molar-refractivity contribution in [2.75, 3.05) is 26.2 Å². The molecule has 0 aromatic heterocycles. The van der Waals surface area contributed by atoms with E-state index in [1.165, 1.54) is 45.4 Å². The zero-order valence-electron chi connectivity index (χ0n) is 12.6. The average Bonchev–Trinajstić information content (AvgIpc) is 2.43. The number of hydrogen-bond acceptors (Lipinski definition) is 2. The third-order valence-corrected chi connectivity index (χ3v) is 4.39. The van der Waals surface area contributed by atoms with Gasteiger partial charge in [0.1, 0.15) is 0 Å². The molecule has 1 fully saturated rings. The summed E-state index contributed by atoms with van der Waals surface area (Å²) >= 11 is 0. The van der Waals surface area contributed by atoms with Crippen LogP contribution in [-0.4, -0.2) is 37.1 Å². The Balaban J connectivity index is 2.51. The summed E-state index contributed by atoms with van der Waals surface area (Å²) in [5.74, 6) is 0.753. The smallest absolute Gasteiger partial charge is 0.0194 e. The maximum Gasteiger partial charge on any atom is 0.0194 e. The molecule has 1 N–H and O–H groups in total. The summed E-state index contributed by atoms with van der Waals surface area (Å²) < 4.78 is 0. The predicted molar refractivity (Wildman–Crippen MR) is 76.4 cm³/mol. The molecule has 1 aliphatic rings. The van der Waals surface area contributed by atoms with E-state index in [0.29, 0.717) is 11.5 Å². The van der Waals surface area contributed by atoms with Gasteiger partial charge >= 0.3 is 0 Å². The lowest BCUT2D eigenvalue weighted by molar-refractivity contribution is 0.131. The topological polar surface area (TPSA) is 15.3 Å². The van der Waals surface area contributed by atoms with Gasteiger partial charge in [0.15, 0.2) is 0 Å². The molecule has 0 amide bonds. The lowest BCUT2D eigenvalue weighted by Gasteiger charge is -2.36. The highest BCUT2D eigenvalue weighted by atomic mass is 15.2. The van der Waals surface area contributed by atoms with Crippen LogP contribution in [0, 0.1) is 11.3 Å². The maximum absolute atomic E-state index is 3.69. The Kier molecular flexibility index (Phi) is 5.94. The minimum absolute atomic E-state index is 0.432. The number of nitrogens with zero attached hydrogens (tertiary/aromatic N) is 1. The lowest BCUT2D eigenvalue weighted by Crippen LogP contribution is -2.42. The molecule has 1 unspecified atom stereocenters. The van der Waals surface area contributed by atoms with Crippen molar-refractivity contribution < 1.29 is 0 Å². The fourth-order valence-electron chi connectivity index (χ4n) is 2.52. The molecule has 1 atom stereocenters. The molecule has 1 heterocycles. The number of rotatable bonds is 5. The molecule has 2 heteroatoms. The van der Waals surface area contributed by atoms with Crippen LogP contribution < -0.4 is 5.32 Å². The van der Waals surface area contributed by atoms with Crippen LogP contribution in [0.1, 0.15) is 53.9 Å². The van der Waals surface area contributed by atoms with E-state index in [-0.39, 0.29) is 0 Å². The van der Waals surface area contributed by atoms with Crippen molar-refractivity contribution in [1.29, 1.82) is 0 Å². The molecule has 17 heavy (non-hydrogen) atoms. The minimum Gasteiger partial charge on any atom is -0.313 e. The van der Waals surface area contributed by atoms with Crippen molar-refractivity contribution in [1.82, 2.24) is 10.2 Å². The zero-order chi connectivity index (χ0) is 12.9. The zero-order valence-corrected chi connectivity index (χ0v) is 12.6. The van der Waals surface area contributed by atoms with Gasteiger partial charge in [-0.2, -0.15) is 0 Å². The average molecular weight is 240 g/mol. The van der Waals surface area contributed by atoms with Gasteiger partial charge in [0.05, 0.1) is 0 Å². The van der Waals surface area contributed by atoms with Gasteiger partial charge in [-0.25, -0.2) is 0 Å². The van der Waals surface area contributed by atoms with Crippen LogP contribution in [0.4, 0.5) is 0 Å². The normalized spacial score (nSPS) is 24.0. The van der Waals surface area contributed by atoms with Gasteiger partial charge in [-0.05, 0) is 37.3 Å². The molecule has 0 radical (unpaired) electrons. The predicted octanol–water partition coefficient (Wildman–Crippen LogP) is 3.13.